The molecular weight excluding hydrogens is 372 g/mol. The number of halogens is 7. The second-order valence-electron chi connectivity index (χ2n) is 3.56. The minimum absolute atomic E-state index is 0.0708. The van der Waals surface area contributed by atoms with Gasteiger partial charge in [0.25, 0.3) is 9.05 Å². The molecule has 0 spiro atoms. The van der Waals surface area contributed by atoms with Crippen LogP contribution in [-0.4, -0.2) is 19.7 Å². The zero-order chi connectivity index (χ0) is 17.5. The van der Waals surface area contributed by atoms with Crippen LogP contribution in [0.4, 0.5) is 32.0 Å². The summed E-state index contributed by atoms with van der Waals surface area (Å²) in [6, 6.07) is -0.366. The molecule has 0 N–H and O–H groups in total. The van der Waals surface area contributed by atoms with E-state index in [0.717, 1.165) is 0 Å². The summed E-state index contributed by atoms with van der Waals surface area (Å²) in [6.45, 7) is 0. The first-order valence-electron chi connectivity index (χ1n) is 4.73. The molecule has 0 aliphatic heterocycles. The lowest BCUT2D eigenvalue weighted by Crippen LogP contribution is -2.21. The molecule has 14 heteroatoms. The van der Waals surface area contributed by atoms with Gasteiger partial charge in [-0.3, -0.25) is 10.1 Å². The maximum absolute atomic E-state index is 12.7. The fraction of sp³-hybridized carbons (Fsp3) is 0.250. The summed E-state index contributed by atoms with van der Waals surface area (Å²) < 4.78 is 99.6. The first kappa shape index (κ1) is 18.3. The highest BCUT2D eigenvalue weighted by atomic mass is 35.7. The van der Waals surface area contributed by atoms with Crippen LogP contribution in [0.25, 0.3) is 0 Å². The zero-order valence-corrected chi connectivity index (χ0v) is 11.3. The van der Waals surface area contributed by atoms with Crippen molar-refractivity contribution in [1.82, 2.24) is 0 Å². The number of nitro groups is 1. The van der Waals surface area contributed by atoms with Crippen molar-refractivity contribution in [3.8, 4) is 5.75 Å². The van der Waals surface area contributed by atoms with E-state index in [1.807, 2.05) is 0 Å². The lowest BCUT2D eigenvalue weighted by atomic mass is 10.1. The first-order valence-corrected chi connectivity index (χ1v) is 7.04. The van der Waals surface area contributed by atoms with Gasteiger partial charge >= 0.3 is 18.2 Å². The zero-order valence-electron chi connectivity index (χ0n) is 9.70. The normalized spacial score (nSPS) is 13.0. The van der Waals surface area contributed by atoms with Crippen molar-refractivity contribution in [3.05, 3.63) is 27.8 Å². The summed E-state index contributed by atoms with van der Waals surface area (Å²) in [5, 5.41) is 10.6. The predicted octanol–water partition coefficient (Wildman–Crippen LogP) is 3.44. The topological polar surface area (TPSA) is 86.5 Å². The van der Waals surface area contributed by atoms with E-state index in [1.165, 1.54) is 0 Å². The van der Waals surface area contributed by atoms with E-state index < -0.39 is 48.4 Å². The number of ether oxygens (including phenoxy) is 1. The third kappa shape index (κ3) is 4.37. The third-order valence-corrected chi connectivity index (χ3v) is 3.38. The SMILES string of the molecule is O=[N+]([O-])c1cc(S(=O)(=O)Cl)cc(C(F)(F)F)c1OC(F)(F)F. The predicted molar refractivity (Wildman–Crippen MR) is 57.8 cm³/mol. The van der Waals surface area contributed by atoms with Crippen LogP contribution in [0.5, 0.6) is 5.75 Å². The maximum Gasteiger partial charge on any atom is 0.573 e. The number of nitro benzene ring substituents is 1. The van der Waals surface area contributed by atoms with Gasteiger partial charge in [-0.2, -0.15) is 13.2 Å². The number of rotatable bonds is 3. The van der Waals surface area contributed by atoms with Crippen molar-refractivity contribution in [3.63, 3.8) is 0 Å². The molecule has 0 bridgehead atoms. The Morgan fingerprint density at radius 1 is 1.14 bits per heavy atom. The van der Waals surface area contributed by atoms with Gasteiger partial charge in [-0.1, -0.05) is 0 Å². The monoisotopic (exact) mass is 373 g/mol. The molecule has 0 saturated heterocycles. The molecule has 0 saturated carbocycles. The molecule has 0 aliphatic rings. The number of nitrogens with zero attached hydrogens (tertiary/aromatic N) is 1. The quantitative estimate of drug-likeness (QED) is 0.350. The van der Waals surface area contributed by atoms with Crippen molar-refractivity contribution >= 4 is 25.4 Å². The summed E-state index contributed by atoms with van der Waals surface area (Å²) in [5.74, 6) is -2.19. The highest BCUT2D eigenvalue weighted by Gasteiger charge is 2.44. The molecule has 0 amide bonds. The third-order valence-electron chi connectivity index (χ3n) is 2.04. The van der Waals surface area contributed by atoms with Crippen LogP contribution in [-0.2, 0) is 15.2 Å². The molecule has 22 heavy (non-hydrogen) atoms. The van der Waals surface area contributed by atoms with Gasteiger partial charge in [0.15, 0.2) is 0 Å². The van der Waals surface area contributed by atoms with Crippen LogP contribution in [0.3, 0.4) is 0 Å². The van der Waals surface area contributed by atoms with E-state index in [2.05, 4.69) is 4.74 Å². The smallest absolute Gasteiger partial charge is 0.398 e. The van der Waals surface area contributed by atoms with E-state index in [4.69, 9.17) is 10.7 Å². The highest BCUT2D eigenvalue weighted by Crippen LogP contribution is 2.45. The number of benzene rings is 1. The Balaban J connectivity index is 3.83. The van der Waals surface area contributed by atoms with Crippen LogP contribution in [0.15, 0.2) is 17.0 Å². The number of hydrogen-bond acceptors (Lipinski definition) is 5. The molecule has 0 unspecified atom stereocenters. The Morgan fingerprint density at radius 2 is 1.64 bits per heavy atom. The van der Waals surface area contributed by atoms with E-state index in [9.17, 15) is 44.9 Å². The van der Waals surface area contributed by atoms with Gasteiger partial charge < -0.3 is 4.74 Å². The molecule has 6 nitrogen and oxygen atoms in total. The van der Waals surface area contributed by atoms with Crippen molar-refractivity contribution in [2.24, 2.45) is 0 Å². The van der Waals surface area contributed by atoms with Crippen LogP contribution in [0, 0.1) is 10.1 Å². The van der Waals surface area contributed by atoms with Crippen LogP contribution in [0.1, 0.15) is 5.56 Å². The van der Waals surface area contributed by atoms with Gasteiger partial charge in [0, 0.05) is 16.7 Å². The standard InChI is InChI=1S/C8H2ClF6NO5S/c9-22(19,20)3-1-4(7(10,11)12)6(21-8(13,14)15)5(2-3)16(17)18/h1-2H. The summed E-state index contributed by atoms with van der Waals surface area (Å²) in [7, 11) is -0.109. The number of alkyl halides is 6. The molecule has 124 valence electrons. The largest absolute Gasteiger partial charge is 0.573 e. The second kappa shape index (κ2) is 5.46. The van der Waals surface area contributed by atoms with Crippen molar-refractivity contribution in [2.45, 2.75) is 17.4 Å². The van der Waals surface area contributed by atoms with Gasteiger partial charge in [0.2, 0.25) is 5.75 Å². The fourth-order valence-corrected chi connectivity index (χ4v) is 2.08. The van der Waals surface area contributed by atoms with Gasteiger partial charge in [-0.15, -0.1) is 13.2 Å². The minimum Gasteiger partial charge on any atom is -0.398 e. The molecule has 1 rings (SSSR count). The molecule has 0 atom stereocenters. The molecule has 0 fully saturated rings. The average Bonchev–Trinajstić information content (AvgIpc) is 2.23. The van der Waals surface area contributed by atoms with E-state index in [1.54, 1.807) is 0 Å². The minimum atomic E-state index is -5.67. The Morgan fingerprint density at radius 3 is 1.95 bits per heavy atom. The van der Waals surface area contributed by atoms with E-state index in [0.29, 0.717) is 0 Å². The van der Waals surface area contributed by atoms with Crippen LogP contribution < -0.4 is 4.74 Å². The Bertz CT molecular complexity index is 713. The second-order valence-corrected chi connectivity index (χ2v) is 6.13. The van der Waals surface area contributed by atoms with Gasteiger partial charge in [0.05, 0.1) is 9.82 Å². The molecule has 0 aliphatic carbocycles. The summed E-state index contributed by atoms with van der Waals surface area (Å²) in [6.07, 6.45) is -11.2. The summed E-state index contributed by atoms with van der Waals surface area (Å²) in [4.78, 5) is 7.55. The summed E-state index contributed by atoms with van der Waals surface area (Å²) in [5.41, 5.74) is -4.16. The van der Waals surface area contributed by atoms with Gasteiger partial charge in [-0.25, -0.2) is 8.42 Å². The lowest BCUT2D eigenvalue weighted by Gasteiger charge is -2.16. The fourth-order valence-electron chi connectivity index (χ4n) is 1.30. The highest BCUT2D eigenvalue weighted by molar-refractivity contribution is 8.13. The van der Waals surface area contributed by atoms with Crippen molar-refractivity contribution in [1.29, 1.82) is 0 Å². The van der Waals surface area contributed by atoms with Gasteiger partial charge in [0.1, 0.15) is 5.56 Å². The van der Waals surface area contributed by atoms with E-state index in [-0.39, 0.29) is 12.1 Å². The van der Waals surface area contributed by atoms with Crippen LogP contribution in [0.2, 0.25) is 0 Å². The van der Waals surface area contributed by atoms with Gasteiger partial charge in [-0.05, 0) is 6.07 Å². The Hall–Kier alpha value is -1.76. The Labute approximate surface area is 121 Å². The Kier molecular flexibility index (Phi) is 4.54. The lowest BCUT2D eigenvalue weighted by molar-refractivity contribution is -0.389. The summed E-state index contributed by atoms with van der Waals surface area (Å²) >= 11 is 0. The molecule has 0 radical (unpaired) electrons. The van der Waals surface area contributed by atoms with E-state index >= 15 is 0 Å². The maximum atomic E-state index is 12.7. The van der Waals surface area contributed by atoms with Crippen molar-refractivity contribution < 1.29 is 44.4 Å². The molecule has 1 aromatic carbocycles. The van der Waals surface area contributed by atoms with Crippen molar-refractivity contribution in [2.75, 3.05) is 0 Å². The number of hydrogen-bond donors (Lipinski definition) is 0. The first-order chi connectivity index (χ1) is 9.63. The molecular formula is C8H2ClF6NO5S. The average molecular weight is 374 g/mol. The molecule has 0 heterocycles. The van der Waals surface area contributed by atoms with Crippen LogP contribution >= 0.6 is 10.7 Å². The molecule has 0 aromatic heterocycles. The molecule has 1 aromatic rings.